The number of ether oxygens (including phenoxy) is 2. The number of carboxylic acids is 1. The highest BCUT2D eigenvalue weighted by molar-refractivity contribution is 9.10. The summed E-state index contributed by atoms with van der Waals surface area (Å²) >= 11 is 9.36. The molecule has 1 fully saturated rings. The zero-order chi connectivity index (χ0) is 27.4. The lowest BCUT2D eigenvalue weighted by molar-refractivity contribution is -0.122. The van der Waals surface area contributed by atoms with Crippen molar-refractivity contribution in [2.45, 2.75) is 13.5 Å². The van der Waals surface area contributed by atoms with Crippen LogP contribution < -0.4 is 19.7 Å². The minimum absolute atomic E-state index is 0.0687. The van der Waals surface area contributed by atoms with Crippen molar-refractivity contribution in [1.82, 2.24) is 5.32 Å². The SMILES string of the molecule is CCOc1cc(/C=C2\C(=O)NC(=O)N(c3ccc(Cl)cc3)C2=O)cc(Br)c1OCc1cccc(C(=O)O)c1. The van der Waals surface area contributed by atoms with Crippen LogP contribution in [0.3, 0.4) is 0 Å². The third-order valence-electron chi connectivity index (χ3n) is 5.39. The number of rotatable bonds is 8. The molecule has 3 aromatic rings. The fraction of sp³-hybridized carbons (Fsp3) is 0.111. The number of imide groups is 2. The second-order valence-corrected chi connectivity index (χ2v) is 9.28. The van der Waals surface area contributed by atoms with Gasteiger partial charge in [0.05, 0.1) is 22.3 Å². The Bertz CT molecular complexity index is 1470. The maximum Gasteiger partial charge on any atom is 0.335 e. The highest BCUT2D eigenvalue weighted by atomic mass is 79.9. The van der Waals surface area contributed by atoms with Crippen LogP contribution >= 0.6 is 27.5 Å². The summed E-state index contributed by atoms with van der Waals surface area (Å²) in [5.41, 5.74) is 1.21. The van der Waals surface area contributed by atoms with E-state index in [0.29, 0.717) is 38.7 Å². The lowest BCUT2D eigenvalue weighted by Crippen LogP contribution is -2.54. The molecule has 2 N–H and O–H groups in total. The molecule has 0 aliphatic carbocycles. The van der Waals surface area contributed by atoms with Crippen LogP contribution in [0.5, 0.6) is 11.5 Å². The lowest BCUT2D eigenvalue weighted by Gasteiger charge is -2.26. The number of halogens is 2. The van der Waals surface area contributed by atoms with E-state index in [1.807, 2.05) is 0 Å². The molecule has 11 heteroatoms. The van der Waals surface area contributed by atoms with Crippen molar-refractivity contribution in [3.8, 4) is 11.5 Å². The Balaban J connectivity index is 1.64. The van der Waals surface area contributed by atoms with Gasteiger partial charge in [0.25, 0.3) is 11.8 Å². The number of carboxylic acid groups (broad SMARTS) is 1. The summed E-state index contributed by atoms with van der Waals surface area (Å²) in [5.74, 6) is -1.99. The Morgan fingerprint density at radius 1 is 1.08 bits per heavy atom. The number of nitrogens with zero attached hydrogens (tertiary/aromatic N) is 1. The molecule has 0 radical (unpaired) electrons. The van der Waals surface area contributed by atoms with Crippen LogP contribution in [0.15, 0.2) is 70.7 Å². The normalized spacial score (nSPS) is 14.4. The highest BCUT2D eigenvalue weighted by Crippen LogP contribution is 2.38. The van der Waals surface area contributed by atoms with Crippen LogP contribution in [0.2, 0.25) is 5.02 Å². The molecule has 0 saturated carbocycles. The zero-order valence-corrected chi connectivity index (χ0v) is 22.2. The molecule has 4 rings (SSSR count). The zero-order valence-electron chi connectivity index (χ0n) is 19.9. The summed E-state index contributed by atoms with van der Waals surface area (Å²) in [4.78, 5) is 50.3. The average Bonchev–Trinajstić information content (AvgIpc) is 2.87. The van der Waals surface area contributed by atoms with E-state index in [4.69, 9.17) is 21.1 Å². The van der Waals surface area contributed by atoms with Crippen molar-refractivity contribution in [3.63, 3.8) is 0 Å². The third kappa shape index (κ3) is 5.87. The van der Waals surface area contributed by atoms with Crippen LogP contribution in [0.25, 0.3) is 6.08 Å². The molecule has 1 heterocycles. The number of hydrogen-bond donors (Lipinski definition) is 2. The number of amides is 4. The number of carbonyl (C=O) groups is 4. The van der Waals surface area contributed by atoms with E-state index in [-0.39, 0.29) is 23.4 Å². The number of aromatic carboxylic acids is 1. The van der Waals surface area contributed by atoms with Gasteiger partial charge in [-0.1, -0.05) is 23.7 Å². The summed E-state index contributed by atoms with van der Waals surface area (Å²) in [6.07, 6.45) is 1.35. The van der Waals surface area contributed by atoms with Crippen molar-refractivity contribution in [2.75, 3.05) is 11.5 Å². The standard InChI is InChI=1S/C27H20BrClN2O7/c1-2-37-22-13-16(12-21(28)23(22)38-14-15-4-3-5-17(10-15)26(34)35)11-20-24(32)30-27(36)31(25(20)33)19-8-6-18(29)7-9-19/h3-13H,2,14H2,1H3,(H,34,35)(H,30,32,36)/b20-11+. The summed E-state index contributed by atoms with van der Waals surface area (Å²) in [6, 6.07) is 14.8. The molecule has 1 aliphatic heterocycles. The summed E-state index contributed by atoms with van der Waals surface area (Å²) in [6.45, 7) is 2.15. The van der Waals surface area contributed by atoms with Gasteiger partial charge in [0.15, 0.2) is 11.5 Å². The Morgan fingerprint density at radius 3 is 2.50 bits per heavy atom. The molecule has 0 bridgehead atoms. The van der Waals surface area contributed by atoms with Gasteiger partial charge < -0.3 is 14.6 Å². The molecule has 194 valence electrons. The predicted molar refractivity (Wildman–Crippen MR) is 143 cm³/mol. The molecule has 0 unspecified atom stereocenters. The molecule has 1 saturated heterocycles. The van der Waals surface area contributed by atoms with Crippen LogP contribution in [0.4, 0.5) is 10.5 Å². The molecular formula is C27H20BrClN2O7. The van der Waals surface area contributed by atoms with Crippen molar-refractivity contribution >= 4 is 63.1 Å². The van der Waals surface area contributed by atoms with Gasteiger partial charge in [-0.3, -0.25) is 14.9 Å². The number of hydrogen-bond acceptors (Lipinski definition) is 6. The second-order valence-electron chi connectivity index (χ2n) is 7.99. The molecular weight excluding hydrogens is 580 g/mol. The van der Waals surface area contributed by atoms with Crippen LogP contribution in [0, 0.1) is 0 Å². The van der Waals surface area contributed by atoms with E-state index in [0.717, 1.165) is 4.90 Å². The smallest absolute Gasteiger partial charge is 0.335 e. The molecule has 1 aliphatic rings. The van der Waals surface area contributed by atoms with E-state index < -0.39 is 23.8 Å². The molecule has 38 heavy (non-hydrogen) atoms. The van der Waals surface area contributed by atoms with E-state index in [2.05, 4.69) is 21.2 Å². The van der Waals surface area contributed by atoms with Gasteiger partial charge in [-0.25, -0.2) is 14.5 Å². The number of nitrogens with one attached hydrogen (secondary N) is 1. The first-order valence-corrected chi connectivity index (χ1v) is 12.4. The Hall–Kier alpha value is -4.15. The minimum Gasteiger partial charge on any atom is -0.490 e. The van der Waals surface area contributed by atoms with Crippen molar-refractivity contribution in [3.05, 3.63) is 92.4 Å². The quantitative estimate of drug-likeness (QED) is 0.261. The highest BCUT2D eigenvalue weighted by Gasteiger charge is 2.36. The van der Waals surface area contributed by atoms with Gasteiger partial charge in [-0.15, -0.1) is 0 Å². The molecule has 0 aromatic heterocycles. The fourth-order valence-electron chi connectivity index (χ4n) is 3.67. The van der Waals surface area contributed by atoms with Gasteiger partial charge in [-0.2, -0.15) is 0 Å². The maximum atomic E-state index is 13.2. The van der Waals surface area contributed by atoms with E-state index in [9.17, 15) is 24.3 Å². The van der Waals surface area contributed by atoms with Crippen LogP contribution in [-0.4, -0.2) is 35.5 Å². The number of benzene rings is 3. The van der Waals surface area contributed by atoms with Crippen LogP contribution in [-0.2, 0) is 16.2 Å². The predicted octanol–water partition coefficient (Wildman–Crippen LogP) is 5.44. The average molecular weight is 600 g/mol. The summed E-state index contributed by atoms with van der Waals surface area (Å²) in [5, 5.41) is 11.8. The largest absolute Gasteiger partial charge is 0.490 e. The van der Waals surface area contributed by atoms with Gasteiger partial charge >= 0.3 is 12.0 Å². The molecule has 4 amide bonds. The van der Waals surface area contributed by atoms with Gasteiger partial charge in [-0.05, 0) is 88.6 Å². The minimum atomic E-state index is -1.04. The van der Waals surface area contributed by atoms with Crippen molar-refractivity contribution < 1.29 is 33.8 Å². The first-order chi connectivity index (χ1) is 18.2. The third-order valence-corrected chi connectivity index (χ3v) is 6.23. The van der Waals surface area contributed by atoms with E-state index >= 15 is 0 Å². The fourth-order valence-corrected chi connectivity index (χ4v) is 4.37. The summed E-state index contributed by atoms with van der Waals surface area (Å²) < 4.78 is 12.1. The lowest BCUT2D eigenvalue weighted by atomic mass is 10.1. The van der Waals surface area contributed by atoms with Gasteiger partial charge in [0.1, 0.15) is 12.2 Å². The first-order valence-electron chi connectivity index (χ1n) is 11.3. The molecule has 0 spiro atoms. The van der Waals surface area contributed by atoms with Crippen molar-refractivity contribution in [2.24, 2.45) is 0 Å². The monoisotopic (exact) mass is 598 g/mol. The van der Waals surface area contributed by atoms with E-state index in [1.54, 1.807) is 31.2 Å². The Kier molecular flexibility index (Phi) is 8.13. The molecule has 9 nitrogen and oxygen atoms in total. The number of anilines is 1. The number of urea groups is 1. The Morgan fingerprint density at radius 2 is 1.82 bits per heavy atom. The topological polar surface area (TPSA) is 122 Å². The first kappa shape index (κ1) is 26.9. The van der Waals surface area contributed by atoms with Gasteiger partial charge in [0.2, 0.25) is 0 Å². The second kappa shape index (κ2) is 11.5. The van der Waals surface area contributed by atoms with Crippen molar-refractivity contribution in [1.29, 1.82) is 0 Å². The van der Waals surface area contributed by atoms with Gasteiger partial charge in [0, 0.05) is 5.02 Å². The van der Waals surface area contributed by atoms with E-state index in [1.165, 1.54) is 42.5 Å². The summed E-state index contributed by atoms with van der Waals surface area (Å²) in [7, 11) is 0. The number of carbonyl (C=O) groups excluding carboxylic acids is 3. The Labute approximate surface area is 230 Å². The van der Waals surface area contributed by atoms with Crippen LogP contribution in [0.1, 0.15) is 28.4 Å². The maximum absolute atomic E-state index is 13.2. The molecule has 3 aromatic carbocycles. The number of barbiturate groups is 1. The molecule has 0 atom stereocenters.